The van der Waals surface area contributed by atoms with Crippen molar-refractivity contribution in [1.82, 2.24) is 24.7 Å². The van der Waals surface area contributed by atoms with Crippen LogP contribution < -0.4 is 10.6 Å². The number of anilines is 2. The maximum absolute atomic E-state index is 6.05. The highest BCUT2D eigenvalue weighted by Crippen LogP contribution is 2.19. The summed E-state index contributed by atoms with van der Waals surface area (Å²) >= 11 is 6.05. The molecule has 102 valence electrons. The Morgan fingerprint density at radius 2 is 2.16 bits per heavy atom. The normalized spacial score (nSPS) is 10.5. The topological polar surface area (TPSA) is 80.5 Å². The van der Waals surface area contributed by atoms with Gasteiger partial charge in [0.05, 0.1) is 12.7 Å². The van der Waals surface area contributed by atoms with Crippen molar-refractivity contribution in [3.05, 3.63) is 23.4 Å². The second-order valence-electron chi connectivity index (χ2n) is 3.81. The van der Waals surface area contributed by atoms with E-state index < -0.39 is 0 Å². The van der Waals surface area contributed by atoms with Crippen molar-refractivity contribution in [3.8, 4) is 0 Å². The van der Waals surface area contributed by atoms with Gasteiger partial charge in [-0.25, -0.2) is 4.98 Å². The minimum atomic E-state index is 0.476. The summed E-state index contributed by atoms with van der Waals surface area (Å²) < 4.78 is 1.95. The van der Waals surface area contributed by atoms with Crippen LogP contribution in [0, 0.1) is 0 Å². The number of nitrogens with zero attached hydrogens (tertiary/aromatic N) is 5. The van der Waals surface area contributed by atoms with E-state index in [0.717, 1.165) is 18.9 Å². The first-order chi connectivity index (χ1) is 9.24. The molecule has 0 fully saturated rings. The highest BCUT2D eigenvalue weighted by atomic mass is 35.5. The third kappa shape index (κ3) is 3.31. The van der Waals surface area contributed by atoms with Crippen molar-refractivity contribution >= 4 is 23.4 Å². The van der Waals surface area contributed by atoms with Gasteiger partial charge in [0.2, 0.25) is 5.95 Å². The van der Waals surface area contributed by atoms with Gasteiger partial charge in [0, 0.05) is 13.1 Å². The highest BCUT2D eigenvalue weighted by molar-refractivity contribution is 6.32. The molecule has 0 bridgehead atoms. The summed E-state index contributed by atoms with van der Waals surface area (Å²) in [6.07, 6.45) is 3.27. The van der Waals surface area contributed by atoms with Crippen molar-refractivity contribution in [2.75, 3.05) is 17.2 Å². The first-order valence-electron chi connectivity index (χ1n) is 6.11. The van der Waals surface area contributed by atoms with Gasteiger partial charge in [-0.15, -0.1) is 10.2 Å². The van der Waals surface area contributed by atoms with Gasteiger partial charge < -0.3 is 15.2 Å². The molecule has 0 aliphatic rings. The Balaban J connectivity index is 2.08. The lowest BCUT2D eigenvalue weighted by molar-refractivity contribution is 0.707. The number of hydrogen-bond donors (Lipinski definition) is 2. The highest BCUT2D eigenvalue weighted by Gasteiger charge is 2.07. The molecule has 0 saturated heterocycles. The summed E-state index contributed by atoms with van der Waals surface area (Å²) in [6.45, 7) is 6.11. The van der Waals surface area contributed by atoms with E-state index in [1.165, 1.54) is 0 Å². The molecule has 0 aliphatic heterocycles. The maximum atomic E-state index is 6.05. The number of nitrogens with one attached hydrogen (secondary N) is 2. The second kappa shape index (κ2) is 6.33. The van der Waals surface area contributed by atoms with Crippen LogP contribution in [0.1, 0.15) is 19.7 Å². The molecular weight excluding hydrogens is 266 g/mol. The van der Waals surface area contributed by atoms with Gasteiger partial charge in [-0.3, -0.25) is 0 Å². The minimum Gasteiger partial charge on any atom is -0.361 e. The summed E-state index contributed by atoms with van der Waals surface area (Å²) in [6, 6.07) is 0. The zero-order chi connectivity index (χ0) is 13.7. The maximum Gasteiger partial charge on any atom is 0.224 e. The standard InChI is InChI=1S/C11H16ClN7/c1-3-13-11-15-5-8(12)10(17-11)14-6-9-18-16-7-19(9)4-2/h5,7H,3-4,6H2,1-2H3,(H2,13,14,15,17). The molecule has 0 aliphatic carbocycles. The predicted molar refractivity (Wildman–Crippen MR) is 74.2 cm³/mol. The summed E-state index contributed by atoms with van der Waals surface area (Å²) in [4.78, 5) is 8.37. The van der Waals surface area contributed by atoms with Gasteiger partial charge in [-0.1, -0.05) is 11.6 Å². The predicted octanol–water partition coefficient (Wildman–Crippen LogP) is 1.79. The van der Waals surface area contributed by atoms with Gasteiger partial charge in [-0.2, -0.15) is 4.98 Å². The van der Waals surface area contributed by atoms with Crippen molar-refractivity contribution < 1.29 is 0 Å². The quantitative estimate of drug-likeness (QED) is 0.840. The third-order valence-electron chi connectivity index (χ3n) is 2.53. The molecule has 2 rings (SSSR count). The summed E-state index contributed by atoms with van der Waals surface area (Å²) in [5.74, 6) is 1.96. The lowest BCUT2D eigenvalue weighted by Crippen LogP contribution is -2.10. The van der Waals surface area contributed by atoms with E-state index in [4.69, 9.17) is 11.6 Å². The van der Waals surface area contributed by atoms with Crippen LogP contribution in [0.2, 0.25) is 5.02 Å². The van der Waals surface area contributed by atoms with Crippen LogP contribution in [0.4, 0.5) is 11.8 Å². The third-order valence-corrected chi connectivity index (χ3v) is 2.81. The molecule has 2 N–H and O–H groups in total. The average molecular weight is 282 g/mol. The Morgan fingerprint density at radius 1 is 1.32 bits per heavy atom. The van der Waals surface area contributed by atoms with Crippen molar-refractivity contribution in [2.24, 2.45) is 0 Å². The Bertz CT molecular complexity index is 540. The lowest BCUT2D eigenvalue weighted by Gasteiger charge is -2.09. The Morgan fingerprint density at radius 3 is 2.89 bits per heavy atom. The molecular formula is C11H16ClN7. The fraction of sp³-hybridized carbons (Fsp3) is 0.455. The SMILES string of the molecule is CCNc1ncc(Cl)c(NCc2nncn2CC)n1. The zero-order valence-corrected chi connectivity index (χ0v) is 11.6. The first kappa shape index (κ1) is 13.5. The van der Waals surface area contributed by atoms with Crippen LogP contribution in [0.5, 0.6) is 0 Å². The lowest BCUT2D eigenvalue weighted by atomic mass is 10.5. The number of hydrogen-bond acceptors (Lipinski definition) is 6. The van der Waals surface area contributed by atoms with Crippen LogP contribution in [0.15, 0.2) is 12.5 Å². The Kier molecular flexibility index (Phi) is 4.51. The van der Waals surface area contributed by atoms with Crippen LogP contribution in [-0.4, -0.2) is 31.3 Å². The smallest absolute Gasteiger partial charge is 0.224 e. The van der Waals surface area contributed by atoms with Gasteiger partial charge in [0.25, 0.3) is 0 Å². The fourth-order valence-corrected chi connectivity index (χ4v) is 1.73. The van der Waals surface area contributed by atoms with Gasteiger partial charge in [0.15, 0.2) is 11.6 Å². The monoisotopic (exact) mass is 281 g/mol. The molecule has 0 atom stereocenters. The molecule has 0 unspecified atom stereocenters. The molecule has 0 radical (unpaired) electrons. The first-order valence-corrected chi connectivity index (χ1v) is 6.49. The van der Waals surface area contributed by atoms with E-state index in [9.17, 15) is 0 Å². The zero-order valence-electron chi connectivity index (χ0n) is 10.9. The van der Waals surface area contributed by atoms with E-state index in [1.54, 1.807) is 12.5 Å². The number of aryl methyl sites for hydroxylation is 1. The summed E-state index contributed by atoms with van der Waals surface area (Å²) in [5, 5.41) is 14.6. The average Bonchev–Trinajstić information content (AvgIpc) is 2.87. The summed E-state index contributed by atoms with van der Waals surface area (Å²) in [5.41, 5.74) is 0. The Labute approximate surface area is 116 Å². The number of rotatable bonds is 6. The molecule has 7 nitrogen and oxygen atoms in total. The van der Waals surface area contributed by atoms with E-state index in [0.29, 0.717) is 23.3 Å². The van der Waals surface area contributed by atoms with E-state index >= 15 is 0 Å². The molecule has 19 heavy (non-hydrogen) atoms. The van der Waals surface area contributed by atoms with Crippen LogP contribution in [0.25, 0.3) is 0 Å². The van der Waals surface area contributed by atoms with Crippen molar-refractivity contribution in [3.63, 3.8) is 0 Å². The van der Waals surface area contributed by atoms with Crippen LogP contribution >= 0.6 is 11.6 Å². The number of halogens is 1. The van der Waals surface area contributed by atoms with Gasteiger partial charge in [-0.05, 0) is 13.8 Å². The molecule has 8 heteroatoms. The van der Waals surface area contributed by atoms with Crippen LogP contribution in [-0.2, 0) is 13.1 Å². The van der Waals surface area contributed by atoms with E-state index in [-0.39, 0.29) is 0 Å². The molecule has 2 aromatic rings. The molecule has 2 aromatic heterocycles. The van der Waals surface area contributed by atoms with E-state index in [1.807, 2.05) is 18.4 Å². The van der Waals surface area contributed by atoms with E-state index in [2.05, 4.69) is 30.8 Å². The van der Waals surface area contributed by atoms with Crippen LogP contribution in [0.3, 0.4) is 0 Å². The summed E-state index contributed by atoms with van der Waals surface area (Å²) in [7, 11) is 0. The molecule has 0 saturated carbocycles. The molecule has 2 heterocycles. The molecule has 0 aromatic carbocycles. The second-order valence-corrected chi connectivity index (χ2v) is 4.21. The molecule has 0 spiro atoms. The largest absolute Gasteiger partial charge is 0.361 e. The molecule has 0 amide bonds. The van der Waals surface area contributed by atoms with Crippen molar-refractivity contribution in [1.29, 1.82) is 0 Å². The van der Waals surface area contributed by atoms with Crippen molar-refractivity contribution in [2.45, 2.75) is 26.9 Å². The minimum absolute atomic E-state index is 0.476. The van der Waals surface area contributed by atoms with Gasteiger partial charge >= 0.3 is 0 Å². The Hall–Kier alpha value is -1.89. The fourth-order valence-electron chi connectivity index (χ4n) is 1.58. The number of aromatic nitrogens is 5. The van der Waals surface area contributed by atoms with Gasteiger partial charge in [0.1, 0.15) is 11.3 Å².